The molecule has 0 saturated carbocycles. The number of piperazine rings is 1. The molecule has 2 saturated heterocycles. The predicted octanol–water partition coefficient (Wildman–Crippen LogP) is 1.13. The van der Waals surface area contributed by atoms with Gasteiger partial charge in [0.2, 0.25) is 17.7 Å². The van der Waals surface area contributed by atoms with Crippen molar-refractivity contribution < 1.29 is 19.1 Å². The maximum absolute atomic E-state index is 12.8. The highest BCUT2D eigenvalue weighted by Crippen LogP contribution is 2.28. The second kappa shape index (κ2) is 7.76. The largest absolute Gasteiger partial charge is 0.494 e. The Balaban J connectivity index is 1.60. The Morgan fingerprint density at radius 2 is 1.69 bits per heavy atom. The summed E-state index contributed by atoms with van der Waals surface area (Å²) < 4.78 is 5.42. The van der Waals surface area contributed by atoms with Crippen molar-refractivity contribution in [1.29, 1.82) is 0 Å². The molecule has 0 bridgehead atoms. The van der Waals surface area contributed by atoms with Gasteiger partial charge in [-0.1, -0.05) is 0 Å². The Morgan fingerprint density at radius 3 is 2.27 bits per heavy atom. The molecular weight excluding hydrogens is 334 g/mol. The second-order valence-corrected chi connectivity index (χ2v) is 6.66. The van der Waals surface area contributed by atoms with Crippen molar-refractivity contribution in [2.45, 2.75) is 20.3 Å². The maximum atomic E-state index is 12.8. The van der Waals surface area contributed by atoms with Gasteiger partial charge in [0, 0.05) is 51.8 Å². The molecule has 0 spiro atoms. The molecule has 3 amide bonds. The minimum Gasteiger partial charge on any atom is -0.494 e. The van der Waals surface area contributed by atoms with Gasteiger partial charge in [0.1, 0.15) is 5.75 Å². The molecule has 1 aromatic rings. The van der Waals surface area contributed by atoms with Gasteiger partial charge in [0.25, 0.3) is 0 Å². The first-order valence-electron chi connectivity index (χ1n) is 9.07. The van der Waals surface area contributed by atoms with Gasteiger partial charge in [-0.3, -0.25) is 14.4 Å². The van der Waals surface area contributed by atoms with E-state index in [2.05, 4.69) is 0 Å². The molecule has 0 N–H and O–H groups in total. The third-order valence-corrected chi connectivity index (χ3v) is 4.97. The van der Waals surface area contributed by atoms with Gasteiger partial charge in [-0.15, -0.1) is 0 Å². The van der Waals surface area contributed by atoms with Crippen LogP contribution in [-0.4, -0.2) is 66.9 Å². The molecule has 2 heterocycles. The highest BCUT2D eigenvalue weighted by molar-refractivity contribution is 6.00. The van der Waals surface area contributed by atoms with E-state index >= 15 is 0 Å². The topological polar surface area (TPSA) is 70.2 Å². The van der Waals surface area contributed by atoms with Gasteiger partial charge in [-0.05, 0) is 31.2 Å². The van der Waals surface area contributed by atoms with Crippen molar-refractivity contribution >= 4 is 23.4 Å². The van der Waals surface area contributed by atoms with Crippen LogP contribution in [-0.2, 0) is 14.4 Å². The number of nitrogens with zero attached hydrogens (tertiary/aromatic N) is 3. The highest BCUT2D eigenvalue weighted by Gasteiger charge is 2.38. The number of anilines is 1. The molecule has 26 heavy (non-hydrogen) atoms. The Bertz CT molecular complexity index is 681. The summed E-state index contributed by atoms with van der Waals surface area (Å²) in [6, 6.07) is 7.37. The van der Waals surface area contributed by atoms with E-state index in [1.807, 2.05) is 31.2 Å². The summed E-state index contributed by atoms with van der Waals surface area (Å²) >= 11 is 0. The van der Waals surface area contributed by atoms with E-state index in [4.69, 9.17) is 4.74 Å². The number of hydrogen-bond acceptors (Lipinski definition) is 4. The molecule has 0 aliphatic carbocycles. The van der Waals surface area contributed by atoms with Crippen LogP contribution in [0.1, 0.15) is 20.3 Å². The fraction of sp³-hybridized carbons (Fsp3) is 0.526. The van der Waals surface area contributed by atoms with Gasteiger partial charge < -0.3 is 19.4 Å². The number of rotatable bonds is 4. The third-order valence-electron chi connectivity index (χ3n) is 4.97. The van der Waals surface area contributed by atoms with Crippen LogP contribution < -0.4 is 9.64 Å². The normalized spacial score (nSPS) is 20.5. The molecule has 0 aromatic heterocycles. The summed E-state index contributed by atoms with van der Waals surface area (Å²) in [5.74, 6) is 0.455. The lowest BCUT2D eigenvalue weighted by molar-refractivity contribution is -0.141. The third kappa shape index (κ3) is 3.81. The van der Waals surface area contributed by atoms with E-state index in [-0.39, 0.29) is 30.1 Å². The van der Waals surface area contributed by atoms with Gasteiger partial charge in [-0.25, -0.2) is 0 Å². The molecule has 1 atom stereocenters. The number of carbonyl (C=O) groups is 3. The number of benzene rings is 1. The van der Waals surface area contributed by atoms with Crippen molar-refractivity contribution in [2.75, 3.05) is 44.2 Å². The van der Waals surface area contributed by atoms with Crippen LogP contribution in [0.4, 0.5) is 5.69 Å². The summed E-state index contributed by atoms with van der Waals surface area (Å²) in [7, 11) is 0. The molecule has 0 unspecified atom stereocenters. The summed E-state index contributed by atoms with van der Waals surface area (Å²) in [4.78, 5) is 41.8. The lowest BCUT2D eigenvalue weighted by Crippen LogP contribution is -2.51. The van der Waals surface area contributed by atoms with E-state index < -0.39 is 0 Å². The Morgan fingerprint density at radius 1 is 1.08 bits per heavy atom. The molecule has 3 rings (SSSR count). The second-order valence-electron chi connectivity index (χ2n) is 6.66. The number of ether oxygens (including phenoxy) is 1. The molecule has 7 nitrogen and oxygen atoms in total. The SMILES string of the molecule is CCOc1ccc(N2C[C@H](C(=O)N3CCN(C(C)=O)CC3)CC2=O)cc1. The molecule has 1 aromatic carbocycles. The zero-order valence-electron chi connectivity index (χ0n) is 15.3. The number of hydrogen-bond donors (Lipinski definition) is 0. The van der Waals surface area contributed by atoms with Crippen molar-refractivity contribution in [2.24, 2.45) is 5.92 Å². The van der Waals surface area contributed by atoms with Crippen LogP contribution in [0.2, 0.25) is 0 Å². The Hall–Kier alpha value is -2.57. The predicted molar refractivity (Wildman–Crippen MR) is 96.9 cm³/mol. The Kier molecular flexibility index (Phi) is 5.44. The van der Waals surface area contributed by atoms with Crippen LogP contribution in [0, 0.1) is 5.92 Å². The summed E-state index contributed by atoms with van der Waals surface area (Å²) in [6.07, 6.45) is 0.235. The molecule has 2 aliphatic heterocycles. The first kappa shape index (κ1) is 18.2. The minimum absolute atomic E-state index is 0.00925. The average molecular weight is 359 g/mol. The van der Waals surface area contributed by atoms with Gasteiger partial charge in [0.05, 0.1) is 12.5 Å². The van der Waals surface area contributed by atoms with E-state index in [0.29, 0.717) is 39.3 Å². The summed E-state index contributed by atoms with van der Waals surface area (Å²) in [5.41, 5.74) is 0.787. The molecule has 140 valence electrons. The number of amides is 3. The van der Waals surface area contributed by atoms with Gasteiger partial charge >= 0.3 is 0 Å². The Labute approximate surface area is 153 Å². The van der Waals surface area contributed by atoms with E-state index in [1.165, 1.54) is 0 Å². The average Bonchev–Trinajstić information content (AvgIpc) is 3.04. The monoisotopic (exact) mass is 359 g/mol. The molecular formula is C19H25N3O4. The standard InChI is InChI=1S/C19H25N3O4/c1-3-26-17-6-4-16(5-7-17)22-13-15(12-18(22)24)19(25)21-10-8-20(9-11-21)14(2)23/h4-7,15H,3,8-13H2,1-2H3/t15-/m1/s1. The maximum Gasteiger partial charge on any atom is 0.228 e. The summed E-state index contributed by atoms with van der Waals surface area (Å²) in [6.45, 7) is 6.65. The van der Waals surface area contributed by atoms with E-state index in [9.17, 15) is 14.4 Å². The zero-order valence-corrected chi connectivity index (χ0v) is 15.3. The lowest BCUT2D eigenvalue weighted by atomic mass is 10.1. The lowest BCUT2D eigenvalue weighted by Gasteiger charge is -2.35. The quantitative estimate of drug-likeness (QED) is 0.808. The fourth-order valence-electron chi connectivity index (χ4n) is 3.51. The van der Waals surface area contributed by atoms with Crippen LogP contribution >= 0.6 is 0 Å². The van der Waals surface area contributed by atoms with Gasteiger partial charge in [0.15, 0.2) is 0 Å². The minimum atomic E-state index is -0.321. The van der Waals surface area contributed by atoms with Crippen molar-refractivity contribution in [3.05, 3.63) is 24.3 Å². The van der Waals surface area contributed by atoms with Crippen LogP contribution in [0.5, 0.6) is 5.75 Å². The molecule has 2 fully saturated rings. The highest BCUT2D eigenvalue weighted by atomic mass is 16.5. The van der Waals surface area contributed by atoms with E-state index in [1.54, 1.807) is 21.6 Å². The molecule has 0 radical (unpaired) electrons. The fourth-order valence-corrected chi connectivity index (χ4v) is 3.51. The first-order chi connectivity index (χ1) is 12.5. The van der Waals surface area contributed by atoms with Crippen LogP contribution in [0.25, 0.3) is 0 Å². The van der Waals surface area contributed by atoms with Crippen molar-refractivity contribution in [1.82, 2.24) is 9.80 Å². The van der Waals surface area contributed by atoms with Crippen molar-refractivity contribution in [3.8, 4) is 5.75 Å². The van der Waals surface area contributed by atoms with Crippen LogP contribution in [0.15, 0.2) is 24.3 Å². The van der Waals surface area contributed by atoms with E-state index in [0.717, 1.165) is 11.4 Å². The number of carbonyl (C=O) groups excluding carboxylic acids is 3. The molecule has 2 aliphatic rings. The molecule has 7 heteroatoms. The first-order valence-corrected chi connectivity index (χ1v) is 9.07. The van der Waals surface area contributed by atoms with Crippen molar-refractivity contribution in [3.63, 3.8) is 0 Å². The van der Waals surface area contributed by atoms with Crippen LogP contribution in [0.3, 0.4) is 0 Å². The van der Waals surface area contributed by atoms with Gasteiger partial charge in [-0.2, -0.15) is 0 Å². The summed E-state index contributed by atoms with van der Waals surface area (Å²) in [5, 5.41) is 0. The smallest absolute Gasteiger partial charge is 0.228 e. The zero-order chi connectivity index (χ0) is 18.7.